The van der Waals surface area contributed by atoms with E-state index in [2.05, 4.69) is 53.1 Å². The minimum absolute atomic E-state index is 0.0907. The summed E-state index contributed by atoms with van der Waals surface area (Å²) < 4.78 is 28.1. The van der Waals surface area contributed by atoms with Gasteiger partial charge in [0.05, 0.1) is 14.4 Å². The van der Waals surface area contributed by atoms with Gasteiger partial charge in [-0.25, -0.2) is 8.78 Å². The number of rotatable bonds is 2. The van der Waals surface area contributed by atoms with Crippen molar-refractivity contribution in [2.24, 2.45) is 0 Å². The molecule has 2 nitrogen and oxygen atoms in total. The first kappa shape index (κ1) is 15.1. The van der Waals surface area contributed by atoms with Gasteiger partial charge in [-0.2, -0.15) is 0 Å². The molecule has 0 radical (unpaired) electrons. The molecule has 2 rings (SSSR count). The van der Waals surface area contributed by atoms with Gasteiger partial charge in [0.2, 0.25) is 0 Å². The van der Waals surface area contributed by atoms with E-state index in [1.807, 2.05) is 0 Å². The van der Waals surface area contributed by atoms with Crippen LogP contribution in [-0.4, -0.2) is 5.91 Å². The highest BCUT2D eigenvalue weighted by Crippen LogP contribution is 2.33. The maximum Gasteiger partial charge on any atom is 0.265 e. The first-order chi connectivity index (χ1) is 8.88. The van der Waals surface area contributed by atoms with E-state index >= 15 is 0 Å². The summed E-state index contributed by atoms with van der Waals surface area (Å²) in [5.74, 6) is -2.03. The molecule has 1 aromatic carbocycles. The third-order valence-corrected chi connectivity index (χ3v) is 5.99. The minimum atomic E-state index is -0.838. The number of anilines is 1. The lowest BCUT2D eigenvalue weighted by molar-refractivity contribution is 0.103. The van der Waals surface area contributed by atoms with E-state index in [0.29, 0.717) is 10.9 Å². The molecule has 1 aromatic heterocycles. The van der Waals surface area contributed by atoms with Crippen LogP contribution in [0, 0.1) is 11.6 Å². The van der Waals surface area contributed by atoms with Crippen molar-refractivity contribution in [3.63, 3.8) is 0 Å². The monoisotopic (exact) mass is 473 g/mol. The highest BCUT2D eigenvalue weighted by atomic mass is 79.9. The van der Waals surface area contributed by atoms with E-state index in [1.165, 1.54) is 11.3 Å². The molecule has 0 saturated heterocycles. The molecule has 0 aliphatic rings. The van der Waals surface area contributed by atoms with Crippen LogP contribution in [0.15, 0.2) is 30.9 Å². The highest BCUT2D eigenvalue weighted by molar-refractivity contribution is 9.13. The van der Waals surface area contributed by atoms with Crippen molar-refractivity contribution in [1.29, 1.82) is 0 Å². The fourth-order valence-corrected chi connectivity index (χ4v) is 3.73. The molecule has 0 fully saturated rings. The van der Waals surface area contributed by atoms with Gasteiger partial charge in [-0.15, -0.1) is 11.3 Å². The molecular formula is C11H4Br3F2NOS. The molecule has 0 aliphatic carbocycles. The van der Waals surface area contributed by atoms with Gasteiger partial charge < -0.3 is 5.32 Å². The van der Waals surface area contributed by atoms with Gasteiger partial charge in [-0.3, -0.25) is 4.79 Å². The van der Waals surface area contributed by atoms with Crippen molar-refractivity contribution in [1.82, 2.24) is 0 Å². The van der Waals surface area contributed by atoms with E-state index in [-0.39, 0.29) is 10.2 Å². The van der Waals surface area contributed by atoms with Crippen molar-refractivity contribution >= 4 is 70.7 Å². The average Bonchev–Trinajstić information content (AvgIpc) is 2.64. The quantitative estimate of drug-likeness (QED) is 0.605. The molecule has 0 atom stereocenters. The Hall–Kier alpha value is -0.310. The second-order valence-electron chi connectivity index (χ2n) is 3.43. The van der Waals surface area contributed by atoms with E-state index in [4.69, 9.17) is 0 Å². The summed E-state index contributed by atoms with van der Waals surface area (Å²) in [5.41, 5.74) is -0.0907. The summed E-state index contributed by atoms with van der Waals surface area (Å²) in [6.07, 6.45) is 0. The van der Waals surface area contributed by atoms with Gasteiger partial charge in [0, 0.05) is 15.0 Å². The summed E-state index contributed by atoms with van der Waals surface area (Å²) in [7, 11) is 0. The number of hydrogen-bond donors (Lipinski definition) is 1. The van der Waals surface area contributed by atoms with E-state index < -0.39 is 17.5 Å². The van der Waals surface area contributed by atoms with Gasteiger partial charge >= 0.3 is 0 Å². The van der Waals surface area contributed by atoms with Crippen LogP contribution in [0.25, 0.3) is 0 Å². The molecule has 2 aromatic rings. The maximum atomic E-state index is 13.6. The van der Waals surface area contributed by atoms with Crippen LogP contribution in [0.1, 0.15) is 9.67 Å². The Morgan fingerprint density at radius 2 is 1.79 bits per heavy atom. The van der Waals surface area contributed by atoms with Gasteiger partial charge in [-0.05, 0) is 59.9 Å². The number of hydrogen-bond acceptors (Lipinski definition) is 2. The van der Waals surface area contributed by atoms with E-state index in [9.17, 15) is 13.6 Å². The molecule has 0 saturated carbocycles. The summed E-state index contributed by atoms with van der Waals surface area (Å²) >= 11 is 10.7. The summed E-state index contributed by atoms with van der Waals surface area (Å²) in [6, 6.07) is 3.40. The van der Waals surface area contributed by atoms with Crippen molar-refractivity contribution in [3.05, 3.63) is 47.4 Å². The van der Waals surface area contributed by atoms with Gasteiger partial charge in [0.15, 0.2) is 5.82 Å². The highest BCUT2D eigenvalue weighted by Gasteiger charge is 2.16. The molecule has 8 heteroatoms. The molecule has 1 N–H and O–H groups in total. The van der Waals surface area contributed by atoms with Crippen LogP contribution in [0.2, 0.25) is 0 Å². The Morgan fingerprint density at radius 1 is 1.11 bits per heavy atom. The van der Waals surface area contributed by atoms with Gasteiger partial charge in [0.25, 0.3) is 5.91 Å². The maximum absolute atomic E-state index is 13.6. The molecular weight excluding hydrogens is 472 g/mol. The van der Waals surface area contributed by atoms with E-state index in [0.717, 1.165) is 14.3 Å². The fraction of sp³-hybridized carbons (Fsp3) is 0. The fourth-order valence-electron chi connectivity index (χ4n) is 1.30. The number of carbonyl (C=O) groups is 1. The predicted octanol–water partition coefficient (Wildman–Crippen LogP) is 5.57. The van der Waals surface area contributed by atoms with Crippen molar-refractivity contribution in [2.45, 2.75) is 0 Å². The number of benzene rings is 1. The zero-order valence-electron chi connectivity index (χ0n) is 8.94. The number of carbonyl (C=O) groups excluding carboxylic acids is 1. The standard InChI is InChI=1S/C11H4Br3F2NOS/c12-5-1-4(15)2-7(16)9(5)17-11(18)8-3-6(13)10(14)19-8/h1-3H,(H,17,18). The third-order valence-electron chi connectivity index (χ3n) is 2.11. The molecule has 0 spiro atoms. The third kappa shape index (κ3) is 3.42. The van der Waals surface area contributed by atoms with Crippen molar-refractivity contribution < 1.29 is 13.6 Å². The van der Waals surface area contributed by atoms with Crippen molar-refractivity contribution in [3.8, 4) is 0 Å². The molecule has 1 heterocycles. The SMILES string of the molecule is O=C(Nc1c(F)cc(F)cc1Br)c1cc(Br)c(Br)s1. The zero-order chi connectivity index (χ0) is 14.2. The Bertz CT molecular complexity index is 617. The van der Waals surface area contributed by atoms with Crippen LogP contribution in [0.4, 0.5) is 14.5 Å². The van der Waals surface area contributed by atoms with Crippen molar-refractivity contribution in [2.75, 3.05) is 5.32 Å². The molecule has 100 valence electrons. The topological polar surface area (TPSA) is 29.1 Å². The van der Waals surface area contributed by atoms with Gasteiger partial charge in [0.1, 0.15) is 5.82 Å². The lowest BCUT2D eigenvalue weighted by Crippen LogP contribution is -2.12. The molecule has 0 unspecified atom stereocenters. The van der Waals surface area contributed by atoms with Gasteiger partial charge in [-0.1, -0.05) is 0 Å². The van der Waals surface area contributed by atoms with E-state index in [1.54, 1.807) is 6.07 Å². The number of halogens is 5. The van der Waals surface area contributed by atoms with Crippen LogP contribution in [0.3, 0.4) is 0 Å². The zero-order valence-corrected chi connectivity index (χ0v) is 14.5. The molecule has 0 aliphatic heterocycles. The molecule has 1 amide bonds. The Morgan fingerprint density at radius 3 is 2.32 bits per heavy atom. The normalized spacial score (nSPS) is 10.6. The molecule has 0 bridgehead atoms. The Balaban J connectivity index is 2.29. The Kier molecular flexibility index (Phi) is 4.75. The second kappa shape index (κ2) is 5.99. The number of nitrogens with one attached hydrogen (secondary N) is 1. The van der Waals surface area contributed by atoms with Crippen LogP contribution < -0.4 is 5.32 Å². The first-order valence-corrected chi connectivity index (χ1v) is 7.98. The summed E-state index contributed by atoms with van der Waals surface area (Å²) in [6.45, 7) is 0. The first-order valence-electron chi connectivity index (χ1n) is 4.79. The van der Waals surface area contributed by atoms with Crippen LogP contribution in [0.5, 0.6) is 0 Å². The van der Waals surface area contributed by atoms with Crippen LogP contribution in [-0.2, 0) is 0 Å². The van der Waals surface area contributed by atoms with Crippen LogP contribution >= 0.6 is 59.1 Å². The molecule has 19 heavy (non-hydrogen) atoms. The average molecular weight is 476 g/mol. The summed E-state index contributed by atoms with van der Waals surface area (Å²) in [5, 5.41) is 2.40. The lowest BCUT2D eigenvalue weighted by Gasteiger charge is -2.07. The summed E-state index contributed by atoms with van der Waals surface area (Å²) in [4.78, 5) is 12.3. The minimum Gasteiger partial charge on any atom is -0.318 e. The Labute approximate surface area is 136 Å². The smallest absolute Gasteiger partial charge is 0.265 e. The lowest BCUT2D eigenvalue weighted by atomic mass is 10.3. The second-order valence-corrected chi connectivity index (χ2v) is 7.51. The number of thiophene rings is 1. The largest absolute Gasteiger partial charge is 0.318 e. The number of amides is 1. The predicted molar refractivity (Wildman–Crippen MR) is 81.7 cm³/mol.